The molecule has 0 aliphatic rings. The molecule has 0 aliphatic heterocycles. The van der Waals surface area contributed by atoms with Crippen LogP contribution in [0, 0.1) is 11.3 Å². The standard InChI is InChI=1S/C53H31NO/c54-32-33-19-27-50-47(29-33)48-30-39(25-28-51(48)55-50)35-22-20-34(21-23-35)38-24-26-46-49(31-38)53(43-18-8-12-37-10-2-4-14-41(37)43)45-16-6-5-15-44(45)52(46)42-17-7-11-36-9-1-3-13-40(36)42/h1-31H. The number of rotatable bonds is 4. The van der Waals surface area contributed by atoms with Crippen LogP contribution >= 0.6 is 0 Å². The van der Waals surface area contributed by atoms with E-state index in [2.05, 4.69) is 170 Å². The van der Waals surface area contributed by atoms with E-state index in [-0.39, 0.29) is 0 Å². The average molecular weight is 698 g/mol. The van der Waals surface area contributed by atoms with E-state index in [1.807, 2.05) is 18.2 Å². The first kappa shape index (κ1) is 31.1. The Bertz CT molecular complexity index is 3370. The first-order valence-corrected chi connectivity index (χ1v) is 18.6. The second-order valence-electron chi connectivity index (χ2n) is 14.3. The highest BCUT2D eigenvalue weighted by Crippen LogP contribution is 2.47. The smallest absolute Gasteiger partial charge is 0.135 e. The molecular formula is C53H31NO. The Hall–Kier alpha value is -7.47. The number of hydrogen-bond donors (Lipinski definition) is 0. The molecule has 0 amide bonds. The molecule has 1 heterocycles. The molecule has 0 saturated heterocycles. The molecule has 254 valence electrons. The van der Waals surface area contributed by atoms with Crippen LogP contribution in [0.25, 0.3) is 110 Å². The van der Waals surface area contributed by atoms with E-state index in [1.54, 1.807) is 6.07 Å². The van der Waals surface area contributed by atoms with Gasteiger partial charge in [0, 0.05) is 10.8 Å². The predicted molar refractivity (Wildman–Crippen MR) is 230 cm³/mol. The lowest BCUT2D eigenvalue weighted by molar-refractivity contribution is 0.669. The van der Waals surface area contributed by atoms with E-state index in [1.165, 1.54) is 70.9 Å². The summed E-state index contributed by atoms with van der Waals surface area (Å²) in [6.45, 7) is 0. The molecule has 11 aromatic rings. The Morgan fingerprint density at radius 3 is 1.36 bits per heavy atom. The van der Waals surface area contributed by atoms with Gasteiger partial charge in [-0.2, -0.15) is 5.26 Å². The van der Waals surface area contributed by atoms with Gasteiger partial charge in [0.25, 0.3) is 0 Å². The monoisotopic (exact) mass is 697 g/mol. The van der Waals surface area contributed by atoms with Crippen LogP contribution in [-0.2, 0) is 0 Å². The number of nitrogens with zero attached hydrogens (tertiary/aromatic N) is 1. The molecule has 55 heavy (non-hydrogen) atoms. The summed E-state index contributed by atoms with van der Waals surface area (Å²) in [5.41, 5.74) is 11.8. The molecule has 2 heteroatoms. The summed E-state index contributed by atoms with van der Waals surface area (Å²) in [6, 6.07) is 69.7. The molecule has 0 saturated carbocycles. The molecule has 1 aromatic heterocycles. The number of fused-ring (bicyclic) bond motifs is 7. The zero-order valence-corrected chi connectivity index (χ0v) is 29.8. The number of hydrogen-bond acceptors (Lipinski definition) is 2. The Balaban J connectivity index is 1.13. The van der Waals surface area contributed by atoms with Crippen molar-refractivity contribution in [2.24, 2.45) is 0 Å². The van der Waals surface area contributed by atoms with Gasteiger partial charge >= 0.3 is 0 Å². The molecule has 0 atom stereocenters. The van der Waals surface area contributed by atoms with Crippen molar-refractivity contribution in [3.05, 3.63) is 194 Å². The Morgan fingerprint density at radius 1 is 0.327 bits per heavy atom. The van der Waals surface area contributed by atoms with Crippen LogP contribution in [-0.4, -0.2) is 0 Å². The highest BCUT2D eigenvalue weighted by molar-refractivity contribution is 6.25. The van der Waals surface area contributed by atoms with Gasteiger partial charge in [0.1, 0.15) is 11.2 Å². The van der Waals surface area contributed by atoms with Gasteiger partial charge in [-0.25, -0.2) is 0 Å². The maximum atomic E-state index is 9.50. The molecule has 0 unspecified atom stereocenters. The summed E-state index contributed by atoms with van der Waals surface area (Å²) in [5.74, 6) is 0. The van der Waals surface area contributed by atoms with Crippen molar-refractivity contribution in [2.75, 3.05) is 0 Å². The molecule has 0 aliphatic carbocycles. The van der Waals surface area contributed by atoms with E-state index in [9.17, 15) is 5.26 Å². The molecule has 11 rings (SSSR count). The summed E-state index contributed by atoms with van der Waals surface area (Å²) < 4.78 is 6.10. The summed E-state index contributed by atoms with van der Waals surface area (Å²) in [6.07, 6.45) is 0. The SMILES string of the molecule is N#Cc1ccc2oc3ccc(-c4ccc(-c5ccc6c(-c7cccc8ccccc78)c7ccccc7c(-c7cccc8ccccc78)c6c5)cc4)cc3c2c1. The van der Waals surface area contributed by atoms with Crippen molar-refractivity contribution < 1.29 is 4.42 Å². The van der Waals surface area contributed by atoms with Crippen molar-refractivity contribution in [2.45, 2.75) is 0 Å². The van der Waals surface area contributed by atoms with Crippen LogP contribution in [0.5, 0.6) is 0 Å². The van der Waals surface area contributed by atoms with Crippen molar-refractivity contribution in [1.29, 1.82) is 5.26 Å². The second kappa shape index (κ2) is 12.3. The number of benzene rings is 10. The summed E-state index contributed by atoms with van der Waals surface area (Å²) in [4.78, 5) is 0. The van der Waals surface area contributed by atoms with Crippen LogP contribution in [0.3, 0.4) is 0 Å². The van der Waals surface area contributed by atoms with Crippen LogP contribution in [0.2, 0.25) is 0 Å². The Kier molecular flexibility index (Phi) is 6.96. The van der Waals surface area contributed by atoms with E-state index < -0.39 is 0 Å². The summed E-state index contributed by atoms with van der Waals surface area (Å²) in [7, 11) is 0. The topological polar surface area (TPSA) is 36.9 Å². The molecule has 0 radical (unpaired) electrons. The van der Waals surface area contributed by atoms with Gasteiger partial charge in [-0.05, 0) is 124 Å². The Morgan fingerprint density at radius 2 is 0.764 bits per heavy atom. The van der Waals surface area contributed by atoms with E-state index >= 15 is 0 Å². The molecule has 10 aromatic carbocycles. The van der Waals surface area contributed by atoms with Crippen molar-refractivity contribution in [3.8, 4) is 50.6 Å². The molecule has 2 nitrogen and oxygen atoms in total. The minimum atomic E-state index is 0.626. The van der Waals surface area contributed by atoms with Gasteiger partial charge in [-0.3, -0.25) is 0 Å². The fraction of sp³-hybridized carbons (Fsp3) is 0. The predicted octanol–water partition coefficient (Wildman–Crippen LogP) is 14.7. The maximum Gasteiger partial charge on any atom is 0.135 e. The molecule has 0 N–H and O–H groups in total. The lowest BCUT2D eigenvalue weighted by Gasteiger charge is -2.20. The highest BCUT2D eigenvalue weighted by Gasteiger charge is 2.20. The quantitative estimate of drug-likeness (QED) is 0.172. The molecule has 0 spiro atoms. The maximum absolute atomic E-state index is 9.50. The Labute approximate surface area is 317 Å². The minimum absolute atomic E-state index is 0.626. The van der Waals surface area contributed by atoms with Crippen LogP contribution in [0.1, 0.15) is 5.56 Å². The third kappa shape index (κ3) is 4.95. The van der Waals surface area contributed by atoms with Crippen LogP contribution in [0.15, 0.2) is 192 Å². The van der Waals surface area contributed by atoms with Crippen LogP contribution < -0.4 is 0 Å². The first-order chi connectivity index (χ1) is 27.2. The van der Waals surface area contributed by atoms with Crippen molar-refractivity contribution in [3.63, 3.8) is 0 Å². The fourth-order valence-electron chi connectivity index (χ4n) is 8.71. The zero-order valence-electron chi connectivity index (χ0n) is 29.8. The molecule has 0 bridgehead atoms. The normalized spacial score (nSPS) is 11.6. The molecule has 0 fully saturated rings. The number of nitriles is 1. The third-order valence-electron chi connectivity index (χ3n) is 11.3. The van der Waals surface area contributed by atoms with Gasteiger partial charge in [-0.1, -0.05) is 152 Å². The van der Waals surface area contributed by atoms with Gasteiger partial charge < -0.3 is 4.42 Å². The number of furan rings is 1. The van der Waals surface area contributed by atoms with Crippen LogP contribution in [0.4, 0.5) is 0 Å². The zero-order chi connectivity index (χ0) is 36.5. The van der Waals surface area contributed by atoms with E-state index in [0.717, 1.165) is 38.6 Å². The average Bonchev–Trinajstić information content (AvgIpc) is 3.62. The third-order valence-corrected chi connectivity index (χ3v) is 11.3. The van der Waals surface area contributed by atoms with Gasteiger partial charge in [0.15, 0.2) is 0 Å². The van der Waals surface area contributed by atoms with Gasteiger partial charge in [0.05, 0.1) is 11.6 Å². The summed E-state index contributed by atoms with van der Waals surface area (Å²) in [5, 5.41) is 21.4. The largest absolute Gasteiger partial charge is 0.456 e. The second-order valence-corrected chi connectivity index (χ2v) is 14.3. The minimum Gasteiger partial charge on any atom is -0.456 e. The highest BCUT2D eigenvalue weighted by atomic mass is 16.3. The molecular weight excluding hydrogens is 667 g/mol. The first-order valence-electron chi connectivity index (χ1n) is 18.6. The lowest BCUT2D eigenvalue weighted by atomic mass is 9.83. The van der Waals surface area contributed by atoms with Gasteiger partial charge in [0.2, 0.25) is 0 Å². The fourth-order valence-corrected chi connectivity index (χ4v) is 8.71. The van der Waals surface area contributed by atoms with E-state index in [0.29, 0.717) is 5.56 Å². The van der Waals surface area contributed by atoms with Crippen molar-refractivity contribution >= 4 is 65.0 Å². The van der Waals surface area contributed by atoms with Gasteiger partial charge in [-0.15, -0.1) is 0 Å². The van der Waals surface area contributed by atoms with Crippen molar-refractivity contribution in [1.82, 2.24) is 0 Å². The lowest BCUT2D eigenvalue weighted by Crippen LogP contribution is -1.93. The summed E-state index contributed by atoms with van der Waals surface area (Å²) >= 11 is 0. The van der Waals surface area contributed by atoms with E-state index in [4.69, 9.17) is 4.42 Å².